The van der Waals surface area contributed by atoms with Crippen molar-refractivity contribution in [1.82, 2.24) is 5.32 Å². The average Bonchev–Trinajstić information content (AvgIpc) is 2.60. The second kappa shape index (κ2) is 4.20. The van der Waals surface area contributed by atoms with E-state index in [1.165, 1.54) is 0 Å². The predicted molar refractivity (Wildman–Crippen MR) is 60.2 cm³/mol. The molecule has 2 nitrogen and oxygen atoms in total. The number of halogens is 2. The first-order valence-corrected chi connectivity index (χ1v) is 5.76. The van der Waals surface area contributed by atoms with Gasteiger partial charge in [-0.15, -0.1) is 0 Å². The normalized spacial score (nSPS) is 25.8. The van der Waals surface area contributed by atoms with E-state index in [4.69, 9.17) is 0 Å². The predicted octanol–water partition coefficient (Wildman–Crippen LogP) is 1.86. The summed E-state index contributed by atoms with van der Waals surface area (Å²) in [6.45, 7) is 1.34. The van der Waals surface area contributed by atoms with E-state index in [0.717, 1.165) is 6.54 Å². The minimum Gasteiger partial charge on any atom is -0.388 e. The van der Waals surface area contributed by atoms with Gasteiger partial charge >= 0.3 is 0 Å². The summed E-state index contributed by atoms with van der Waals surface area (Å²) in [5.74, 6) is -0.266. The van der Waals surface area contributed by atoms with E-state index in [1.807, 2.05) is 0 Å². The van der Waals surface area contributed by atoms with E-state index in [0.29, 0.717) is 29.4 Å². The fraction of sp³-hybridized carbons (Fsp3) is 0.455. The molecule has 1 fully saturated rings. The second-order valence-corrected chi connectivity index (χ2v) is 4.90. The van der Waals surface area contributed by atoms with Crippen LogP contribution < -0.4 is 5.32 Å². The monoisotopic (exact) mass is 273 g/mol. The average molecular weight is 274 g/mol. The van der Waals surface area contributed by atoms with Crippen molar-refractivity contribution < 1.29 is 9.50 Å². The highest BCUT2D eigenvalue weighted by Gasteiger charge is 2.32. The summed E-state index contributed by atoms with van der Waals surface area (Å²) >= 11 is 3.14. The van der Waals surface area contributed by atoms with E-state index < -0.39 is 5.60 Å². The van der Waals surface area contributed by atoms with Crippen LogP contribution in [0.3, 0.4) is 0 Å². The lowest BCUT2D eigenvalue weighted by atomic mass is 9.93. The maximum Gasteiger partial charge on any atom is 0.140 e. The maximum absolute atomic E-state index is 13.6. The standard InChI is InChI=1S/C11H13BrFNO/c12-9-3-1-2-8(10(9)13)6-11(15)4-5-14-7-11/h1-3,14-15H,4-7H2. The first kappa shape index (κ1) is 11.0. The Bertz CT molecular complexity index is 364. The van der Waals surface area contributed by atoms with Crippen LogP contribution in [0.5, 0.6) is 0 Å². The van der Waals surface area contributed by atoms with Gasteiger partial charge in [-0.3, -0.25) is 0 Å². The van der Waals surface area contributed by atoms with Crippen LogP contribution in [-0.2, 0) is 6.42 Å². The molecule has 1 saturated heterocycles. The van der Waals surface area contributed by atoms with Crippen molar-refractivity contribution in [2.45, 2.75) is 18.4 Å². The molecule has 0 radical (unpaired) electrons. The summed E-state index contributed by atoms with van der Waals surface area (Å²) in [5, 5.41) is 13.2. The molecule has 0 spiro atoms. The van der Waals surface area contributed by atoms with Crippen molar-refractivity contribution in [3.8, 4) is 0 Å². The zero-order valence-corrected chi connectivity index (χ0v) is 9.85. The fourth-order valence-corrected chi connectivity index (χ4v) is 2.33. The Morgan fingerprint density at radius 3 is 3.00 bits per heavy atom. The molecule has 1 aromatic carbocycles. The van der Waals surface area contributed by atoms with Gasteiger partial charge in [0.05, 0.1) is 10.1 Å². The lowest BCUT2D eigenvalue weighted by Crippen LogP contribution is -2.34. The number of benzene rings is 1. The number of nitrogens with one attached hydrogen (secondary N) is 1. The fourth-order valence-electron chi connectivity index (χ4n) is 1.92. The molecule has 1 aromatic rings. The summed E-state index contributed by atoms with van der Waals surface area (Å²) < 4.78 is 14.1. The third-order valence-electron chi connectivity index (χ3n) is 2.77. The second-order valence-electron chi connectivity index (χ2n) is 4.04. The Hall–Kier alpha value is -0.450. The number of rotatable bonds is 2. The minimum absolute atomic E-state index is 0.266. The van der Waals surface area contributed by atoms with E-state index in [1.54, 1.807) is 18.2 Å². The summed E-state index contributed by atoms with van der Waals surface area (Å²) in [4.78, 5) is 0. The highest BCUT2D eigenvalue weighted by Crippen LogP contribution is 2.25. The molecule has 1 atom stereocenters. The van der Waals surface area contributed by atoms with Gasteiger partial charge in [0.1, 0.15) is 5.82 Å². The van der Waals surface area contributed by atoms with Gasteiger partial charge in [-0.05, 0) is 40.5 Å². The van der Waals surface area contributed by atoms with Crippen molar-refractivity contribution in [1.29, 1.82) is 0 Å². The molecule has 4 heteroatoms. The van der Waals surface area contributed by atoms with E-state index in [-0.39, 0.29) is 5.82 Å². The largest absolute Gasteiger partial charge is 0.388 e. The van der Waals surface area contributed by atoms with Gasteiger partial charge in [0.2, 0.25) is 0 Å². The van der Waals surface area contributed by atoms with E-state index in [9.17, 15) is 9.50 Å². The summed E-state index contributed by atoms with van der Waals surface area (Å²) in [5.41, 5.74) is -0.225. The van der Waals surface area contributed by atoms with Crippen LogP contribution in [0.25, 0.3) is 0 Å². The quantitative estimate of drug-likeness (QED) is 0.862. The molecule has 2 rings (SSSR count). The Morgan fingerprint density at radius 1 is 1.53 bits per heavy atom. The Labute approximate surface area is 96.6 Å². The van der Waals surface area contributed by atoms with Crippen LogP contribution >= 0.6 is 15.9 Å². The third-order valence-corrected chi connectivity index (χ3v) is 3.38. The zero-order chi connectivity index (χ0) is 10.9. The molecular formula is C11H13BrFNO. The molecule has 0 amide bonds. The van der Waals surface area contributed by atoms with Crippen molar-refractivity contribution in [2.75, 3.05) is 13.1 Å². The van der Waals surface area contributed by atoms with E-state index in [2.05, 4.69) is 21.2 Å². The van der Waals surface area contributed by atoms with Gasteiger partial charge < -0.3 is 10.4 Å². The van der Waals surface area contributed by atoms with Crippen LogP contribution in [0, 0.1) is 5.82 Å². The Kier molecular flexibility index (Phi) is 3.09. The van der Waals surface area contributed by atoms with Gasteiger partial charge in [0.15, 0.2) is 0 Å². The van der Waals surface area contributed by atoms with Gasteiger partial charge in [0, 0.05) is 13.0 Å². The molecule has 0 aliphatic carbocycles. The molecule has 82 valence electrons. The molecule has 1 aliphatic heterocycles. The summed E-state index contributed by atoms with van der Waals surface area (Å²) in [7, 11) is 0. The van der Waals surface area contributed by atoms with E-state index >= 15 is 0 Å². The molecule has 0 bridgehead atoms. The van der Waals surface area contributed by atoms with Crippen molar-refractivity contribution in [3.63, 3.8) is 0 Å². The molecule has 1 unspecified atom stereocenters. The topological polar surface area (TPSA) is 32.3 Å². The van der Waals surface area contributed by atoms with Crippen LogP contribution in [0.15, 0.2) is 22.7 Å². The van der Waals surface area contributed by atoms with Gasteiger partial charge in [-0.1, -0.05) is 12.1 Å². The molecule has 0 aromatic heterocycles. The van der Waals surface area contributed by atoms with Crippen molar-refractivity contribution >= 4 is 15.9 Å². The lowest BCUT2D eigenvalue weighted by Gasteiger charge is -2.21. The van der Waals surface area contributed by atoms with Gasteiger partial charge in [-0.2, -0.15) is 0 Å². The van der Waals surface area contributed by atoms with Gasteiger partial charge in [0.25, 0.3) is 0 Å². The number of hydrogen-bond donors (Lipinski definition) is 2. The molecule has 1 heterocycles. The highest BCUT2D eigenvalue weighted by molar-refractivity contribution is 9.10. The van der Waals surface area contributed by atoms with Crippen LogP contribution in [0.2, 0.25) is 0 Å². The van der Waals surface area contributed by atoms with Crippen molar-refractivity contribution in [3.05, 3.63) is 34.1 Å². The summed E-state index contributed by atoms with van der Waals surface area (Å²) in [6.07, 6.45) is 1.05. The third kappa shape index (κ3) is 2.38. The lowest BCUT2D eigenvalue weighted by molar-refractivity contribution is 0.0609. The maximum atomic E-state index is 13.6. The SMILES string of the molecule is OC1(Cc2cccc(Br)c2F)CCNC1. The van der Waals surface area contributed by atoms with Crippen LogP contribution in [0.1, 0.15) is 12.0 Å². The highest BCUT2D eigenvalue weighted by atomic mass is 79.9. The molecule has 15 heavy (non-hydrogen) atoms. The first-order chi connectivity index (χ1) is 7.11. The first-order valence-electron chi connectivity index (χ1n) is 4.97. The molecular weight excluding hydrogens is 261 g/mol. The zero-order valence-electron chi connectivity index (χ0n) is 8.26. The van der Waals surface area contributed by atoms with Crippen molar-refractivity contribution in [2.24, 2.45) is 0 Å². The minimum atomic E-state index is -0.790. The number of aliphatic hydroxyl groups is 1. The van der Waals surface area contributed by atoms with Gasteiger partial charge in [-0.25, -0.2) is 4.39 Å². The molecule has 0 saturated carbocycles. The van der Waals surface area contributed by atoms with Crippen LogP contribution in [-0.4, -0.2) is 23.8 Å². The number of hydrogen-bond acceptors (Lipinski definition) is 2. The van der Waals surface area contributed by atoms with Crippen LogP contribution in [0.4, 0.5) is 4.39 Å². The smallest absolute Gasteiger partial charge is 0.140 e. The summed E-state index contributed by atoms with van der Waals surface area (Å²) in [6, 6.07) is 5.17. The molecule has 2 N–H and O–H groups in total. The molecule has 1 aliphatic rings. The number of β-amino-alcohol motifs (C(OH)–C–C–N with tert-alkyl or cyclic N) is 1. The Morgan fingerprint density at radius 2 is 2.33 bits per heavy atom. The Balaban J connectivity index is 2.20.